The fourth-order valence-electron chi connectivity index (χ4n) is 2.08. The van der Waals surface area contributed by atoms with E-state index >= 15 is 0 Å². The lowest BCUT2D eigenvalue weighted by molar-refractivity contribution is -0.122. The Hall–Kier alpha value is -2.24. The van der Waals surface area contributed by atoms with E-state index < -0.39 is 5.91 Å². The van der Waals surface area contributed by atoms with Gasteiger partial charge in [0.05, 0.1) is 11.4 Å². The average Bonchev–Trinajstić information content (AvgIpc) is 2.33. The monoisotopic (exact) mass is 248 g/mol. The molecule has 1 heterocycles. The summed E-state index contributed by atoms with van der Waals surface area (Å²) in [5.41, 5.74) is 12.7. The number of carbonyl (C=O) groups is 2. The van der Waals surface area contributed by atoms with E-state index in [-0.39, 0.29) is 11.9 Å². The second-order valence-corrected chi connectivity index (χ2v) is 4.30. The number of primary amides is 1. The molecule has 0 spiro atoms. The SMILES string of the molecule is CC1C(=O)NCCN1c1ccc(C(N)=O)cc1N. The average molecular weight is 248 g/mol. The maximum absolute atomic E-state index is 11.6. The molecule has 1 atom stereocenters. The van der Waals surface area contributed by atoms with Gasteiger partial charge in [-0.15, -0.1) is 0 Å². The van der Waals surface area contributed by atoms with Crippen molar-refractivity contribution in [3.05, 3.63) is 23.8 Å². The van der Waals surface area contributed by atoms with Crippen LogP contribution < -0.4 is 21.7 Å². The van der Waals surface area contributed by atoms with E-state index in [1.807, 2.05) is 11.8 Å². The number of rotatable bonds is 2. The molecular weight excluding hydrogens is 232 g/mol. The molecule has 96 valence electrons. The summed E-state index contributed by atoms with van der Waals surface area (Å²) in [7, 11) is 0. The molecule has 1 aliphatic rings. The third-order valence-corrected chi connectivity index (χ3v) is 3.12. The van der Waals surface area contributed by atoms with Gasteiger partial charge in [-0.2, -0.15) is 0 Å². The second-order valence-electron chi connectivity index (χ2n) is 4.30. The van der Waals surface area contributed by atoms with Crippen LogP contribution in [0.4, 0.5) is 11.4 Å². The Kier molecular flexibility index (Phi) is 3.10. The number of nitrogens with two attached hydrogens (primary N) is 2. The minimum atomic E-state index is -0.516. The first kappa shape index (κ1) is 12.2. The molecule has 1 aromatic rings. The Labute approximate surface area is 105 Å². The zero-order valence-electron chi connectivity index (χ0n) is 10.1. The van der Waals surface area contributed by atoms with Crippen LogP contribution in [-0.4, -0.2) is 30.9 Å². The number of nitrogen functional groups attached to an aromatic ring is 1. The molecule has 0 bridgehead atoms. The molecule has 1 fully saturated rings. The Morgan fingerprint density at radius 2 is 2.22 bits per heavy atom. The smallest absolute Gasteiger partial charge is 0.248 e. The number of nitrogens with zero attached hydrogens (tertiary/aromatic N) is 1. The lowest BCUT2D eigenvalue weighted by Crippen LogP contribution is -2.54. The zero-order chi connectivity index (χ0) is 13.3. The summed E-state index contributed by atoms with van der Waals surface area (Å²) in [5, 5.41) is 2.79. The molecule has 0 saturated carbocycles. The Bertz CT molecular complexity index is 501. The van der Waals surface area contributed by atoms with Crippen LogP contribution in [0.15, 0.2) is 18.2 Å². The van der Waals surface area contributed by atoms with E-state index in [0.29, 0.717) is 24.3 Å². The van der Waals surface area contributed by atoms with Crippen molar-refractivity contribution in [3.63, 3.8) is 0 Å². The summed E-state index contributed by atoms with van der Waals surface area (Å²) in [6.45, 7) is 3.09. The van der Waals surface area contributed by atoms with Gasteiger partial charge in [0.1, 0.15) is 6.04 Å². The summed E-state index contributed by atoms with van der Waals surface area (Å²) in [5.74, 6) is -0.544. The van der Waals surface area contributed by atoms with Crippen molar-refractivity contribution in [2.24, 2.45) is 5.73 Å². The minimum Gasteiger partial charge on any atom is -0.397 e. The van der Waals surface area contributed by atoms with Crippen LogP contribution >= 0.6 is 0 Å². The van der Waals surface area contributed by atoms with Gasteiger partial charge < -0.3 is 21.7 Å². The van der Waals surface area contributed by atoms with E-state index in [4.69, 9.17) is 11.5 Å². The van der Waals surface area contributed by atoms with Gasteiger partial charge in [-0.05, 0) is 25.1 Å². The Morgan fingerprint density at radius 1 is 1.50 bits per heavy atom. The quantitative estimate of drug-likeness (QED) is 0.625. The maximum atomic E-state index is 11.6. The predicted octanol–water partition coefficient (Wildman–Crippen LogP) is -0.308. The van der Waals surface area contributed by atoms with Crippen LogP contribution in [-0.2, 0) is 4.79 Å². The summed E-state index contributed by atoms with van der Waals surface area (Å²) < 4.78 is 0. The number of amides is 2. The number of benzene rings is 1. The van der Waals surface area contributed by atoms with Crippen molar-refractivity contribution in [3.8, 4) is 0 Å². The number of piperazine rings is 1. The zero-order valence-corrected chi connectivity index (χ0v) is 10.1. The predicted molar refractivity (Wildman–Crippen MR) is 69.2 cm³/mol. The fraction of sp³-hybridized carbons (Fsp3) is 0.333. The highest BCUT2D eigenvalue weighted by Crippen LogP contribution is 2.26. The van der Waals surface area contributed by atoms with E-state index in [1.165, 1.54) is 6.07 Å². The van der Waals surface area contributed by atoms with E-state index in [9.17, 15) is 9.59 Å². The molecular formula is C12H16N4O2. The first-order valence-corrected chi connectivity index (χ1v) is 5.74. The standard InChI is InChI=1S/C12H16N4O2/c1-7-12(18)15-4-5-16(7)10-3-2-8(11(14)17)6-9(10)13/h2-3,6-7H,4-5,13H2,1H3,(H2,14,17)(H,15,18). The second kappa shape index (κ2) is 4.56. The maximum Gasteiger partial charge on any atom is 0.248 e. The van der Waals surface area contributed by atoms with Gasteiger partial charge in [-0.3, -0.25) is 9.59 Å². The topological polar surface area (TPSA) is 101 Å². The lowest BCUT2D eigenvalue weighted by atomic mass is 10.1. The molecule has 2 amide bonds. The molecule has 1 aromatic carbocycles. The fourth-order valence-corrected chi connectivity index (χ4v) is 2.08. The van der Waals surface area contributed by atoms with Gasteiger partial charge in [0.2, 0.25) is 11.8 Å². The van der Waals surface area contributed by atoms with Crippen LogP contribution in [0.3, 0.4) is 0 Å². The van der Waals surface area contributed by atoms with Gasteiger partial charge in [0.25, 0.3) is 0 Å². The van der Waals surface area contributed by atoms with Crippen molar-refractivity contribution in [1.29, 1.82) is 0 Å². The molecule has 0 aromatic heterocycles. The lowest BCUT2D eigenvalue weighted by Gasteiger charge is -2.35. The molecule has 2 rings (SSSR count). The highest BCUT2D eigenvalue weighted by Gasteiger charge is 2.26. The molecule has 1 unspecified atom stereocenters. The van der Waals surface area contributed by atoms with E-state index in [0.717, 1.165) is 5.69 Å². The summed E-state index contributed by atoms with van der Waals surface area (Å²) in [6, 6.07) is 4.61. The number of carbonyl (C=O) groups excluding carboxylic acids is 2. The molecule has 1 aliphatic heterocycles. The Balaban J connectivity index is 2.33. The van der Waals surface area contributed by atoms with Crippen molar-refractivity contribution >= 4 is 23.2 Å². The minimum absolute atomic E-state index is 0.0281. The van der Waals surface area contributed by atoms with Gasteiger partial charge >= 0.3 is 0 Å². The van der Waals surface area contributed by atoms with Crippen LogP contribution in [0.1, 0.15) is 17.3 Å². The summed E-state index contributed by atoms with van der Waals surface area (Å²) in [4.78, 5) is 24.6. The molecule has 0 radical (unpaired) electrons. The molecule has 0 aliphatic carbocycles. The van der Waals surface area contributed by atoms with Crippen molar-refractivity contribution in [2.45, 2.75) is 13.0 Å². The van der Waals surface area contributed by atoms with Crippen molar-refractivity contribution in [1.82, 2.24) is 5.32 Å². The normalized spacial score (nSPS) is 19.5. The van der Waals surface area contributed by atoms with Crippen molar-refractivity contribution in [2.75, 3.05) is 23.7 Å². The van der Waals surface area contributed by atoms with Gasteiger partial charge in [0.15, 0.2) is 0 Å². The summed E-state index contributed by atoms with van der Waals surface area (Å²) in [6.07, 6.45) is 0. The van der Waals surface area contributed by atoms with E-state index in [1.54, 1.807) is 12.1 Å². The Morgan fingerprint density at radius 3 is 2.83 bits per heavy atom. The highest BCUT2D eigenvalue weighted by molar-refractivity contribution is 5.95. The summed E-state index contributed by atoms with van der Waals surface area (Å²) >= 11 is 0. The van der Waals surface area contributed by atoms with Crippen LogP contribution in [0.2, 0.25) is 0 Å². The molecule has 1 saturated heterocycles. The number of anilines is 2. The first-order chi connectivity index (χ1) is 8.50. The van der Waals surface area contributed by atoms with Crippen LogP contribution in [0, 0.1) is 0 Å². The van der Waals surface area contributed by atoms with Crippen LogP contribution in [0.5, 0.6) is 0 Å². The third-order valence-electron chi connectivity index (χ3n) is 3.12. The largest absolute Gasteiger partial charge is 0.397 e. The van der Waals surface area contributed by atoms with Crippen LogP contribution in [0.25, 0.3) is 0 Å². The molecule has 18 heavy (non-hydrogen) atoms. The van der Waals surface area contributed by atoms with Gasteiger partial charge in [-0.25, -0.2) is 0 Å². The van der Waals surface area contributed by atoms with Crippen molar-refractivity contribution < 1.29 is 9.59 Å². The third kappa shape index (κ3) is 2.09. The molecule has 5 N–H and O–H groups in total. The number of nitrogens with one attached hydrogen (secondary N) is 1. The van der Waals surface area contributed by atoms with Gasteiger partial charge in [-0.1, -0.05) is 0 Å². The first-order valence-electron chi connectivity index (χ1n) is 5.74. The van der Waals surface area contributed by atoms with E-state index in [2.05, 4.69) is 5.32 Å². The molecule has 6 nitrogen and oxygen atoms in total. The number of hydrogen-bond acceptors (Lipinski definition) is 4. The number of hydrogen-bond donors (Lipinski definition) is 3. The highest BCUT2D eigenvalue weighted by atomic mass is 16.2. The van der Waals surface area contributed by atoms with Gasteiger partial charge in [0, 0.05) is 18.7 Å². The molecule has 6 heteroatoms.